The normalized spacial score (nSPS) is 52.1. The predicted molar refractivity (Wildman–Crippen MR) is 331 cm³/mol. The number of cyclic esters (lactones) is 1. The smallest absolute Gasteiger partial charge is 0.314 e. The Hall–Kier alpha value is -2.54. The van der Waals surface area contributed by atoms with Gasteiger partial charge in [-0.2, -0.15) is 0 Å². The molecular formula is C67H106O32. The van der Waals surface area contributed by atoms with Gasteiger partial charge >= 0.3 is 5.97 Å². The Morgan fingerprint density at radius 1 is 0.545 bits per heavy atom. The molecule has 32 heteroatoms. The maximum Gasteiger partial charge on any atom is 0.314 e. The third kappa shape index (κ3) is 13.4. The van der Waals surface area contributed by atoms with Gasteiger partial charge in [0, 0.05) is 20.6 Å². The molecule has 11 rings (SSSR count). The monoisotopic (exact) mass is 1420 g/mol. The lowest BCUT2D eigenvalue weighted by Gasteiger charge is -2.63. The Labute approximate surface area is 573 Å². The molecule has 0 bridgehead atoms. The summed E-state index contributed by atoms with van der Waals surface area (Å²) in [5.74, 6) is -1.02. The van der Waals surface area contributed by atoms with E-state index in [0.29, 0.717) is 44.9 Å². The number of hydrogen-bond acceptors (Lipinski definition) is 32. The van der Waals surface area contributed by atoms with E-state index in [0.717, 1.165) is 5.57 Å². The molecule has 10 fully saturated rings. The molecule has 3 saturated carbocycles. The van der Waals surface area contributed by atoms with Crippen molar-refractivity contribution in [2.75, 3.05) is 47.3 Å². The van der Waals surface area contributed by atoms with Crippen LogP contribution in [0.25, 0.3) is 0 Å². The second-order valence-electron chi connectivity index (χ2n) is 30.6. The minimum absolute atomic E-state index is 0.0522. The van der Waals surface area contributed by atoms with E-state index in [9.17, 15) is 86.2 Å². The lowest BCUT2D eigenvalue weighted by atomic mass is 9.41. The number of rotatable bonds is 21. The van der Waals surface area contributed by atoms with Crippen LogP contribution in [0.2, 0.25) is 0 Å². The molecule has 32 nitrogen and oxygen atoms in total. The summed E-state index contributed by atoms with van der Waals surface area (Å²) in [6, 6.07) is 0. The van der Waals surface area contributed by atoms with E-state index >= 15 is 0 Å². The van der Waals surface area contributed by atoms with Gasteiger partial charge < -0.3 is 148 Å². The van der Waals surface area contributed by atoms with Gasteiger partial charge in [-0.05, 0) is 101 Å². The van der Waals surface area contributed by atoms with Gasteiger partial charge in [-0.25, -0.2) is 0 Å². The first kappa shape index (κ1) is 77.6. The summed E-state index contributed by atoms with van der Waals surface area (Å²) >= 11 is 0. The second kappa shape index (κ2) is 30.0. The topological polar surface area (TPSA) is 476 Å². The van der Waals surface area contributed by atoms with E-state index in [1.807, 2.05) is 20.8 Å². The number of Topliss-reactive ketones (excluding diaryl/α,β-unsaturated/α-hetero) is 1. The van der Waals surface area contributed by atoms with Crippen LogP contribution in [-0.4, -0.2) is 325 Å². The number of allylic oxidation sites excluding steroid dienone is 4. The zero-order valence-corrected chi connectivity index (χ0v) is 57.5. The summed E-state index contributed by atoms with van der Waals surface area (Å²) in [5, 5.41) is 167. The van der Waals surface area contributed by atoms with Gasteiger partial charge in [0.15, 0.2) is 37.7 Å². The summed E-state index contributed by atoms with van der Waals surface area (Å²) < 4.78 is 89.9. The molecule has 1 spiro atoms. The van der Waals surface area contributed by atoms with Crippen molar-refractivity contribution in [1.29, 1.82) is 0 Å². The lowest BCUT2D eigenvalue weighted by molar-refractivity contribution is -0.397. The molecule has 0 amide bonds. The Bertz CT molecular complexity index is 2850. The molecule has 15 N–H and O–H groups in total. The minimum Gasteiger partial charge on any atom is -0.458 e. The number of aliphatic hydroxyl groups excluding tert-OH is 15. The van der Waals surface area contributed by atoms with Gasteiger partial charge in [0.1, 0.15) is 146 Å². The van der Waals surface area contributed by atoms with Gasteiger partial charge in [0.05, 0.1) is 56.6 Å². The van der Waals surface area contributed by atoms with Crippen LogP contribution in [0.15, 0.2) is 23.3 Å². The summed E-state index contributed by atoms with van der Waals surface area (Å²) in [5.41, 5.74) is -1.48. The van der Waals surface area contributed by atoms with E-state index in [1.165, 1.54) is 26.7 Å². The van der Waals surface area contributed by atoms with Gasteiger partial charge in [-0.1, -0.05) is 51.0 Å². The van der Waals surface area contributed by atoms with Crippen molar-refractivity contribution in [3.8, 4) is 0 Å². The zero-order valence-electron chi connectivity index (χ0n) is 57.5. The molecular weight excluding hydrogens is 1320 g/mol. The maximum absolute atomic E-state index is 14.6. The van der Waals surface area contributed by atoms with Crippen LogP contribution in [0.4, 0.5) is 0 Å². The Morgan fingerprint density at radius 3 is 1.60 bits per heavy atom. The van der Waals surface area contributed by atoms with E-state index in [4.69, 9.17) is 71.1 Å². The van der Waals surface area contributed by atoms with Gasteiger partial charge in [0.2, 0.25) is 0 Å². The summed E-state index contributed by atoms with van der Waals surface area (Å²) in [4.78, 5) is 29.1. The third-order valence-electron chi connectivity index (χ3n) is 24.3. The van der Waals surface area contributed by atoms with Crippen molar-refractivity contribution >= 4 is 11.8 Å². The van der Waals surface area contributed by atoms with E-state index in [2.05, 4.69) is 39.8 Å². The van der Waals surface area contributed by atoms with Crippen LogP contribution >= 0.6 is 0 Å². The molecule has 11 aliphatic rings. The van der Waals surface area contributed by atoms with Crippen molar-refractivity contribution in [2.45, 2.75) is 297 Å². The lowest BCUT2D eigenvalue weighted by Crippen LogP contribution is -2.67. The van der Waals surface area contributed by atoms with Crippen molar-refractivity contribution in [1.82, 2.24) is 0 Å². The fourth-order valence-electron chi connectivity index (χ4n) is 19.0. The molecule has 0 aromatic carbocycles. The van der Waals surface area contributed by atoms with Crippen LogP contribution in [0.1, 0.15) is 107 Å². The van der Waals surface area contributed by atoms with Crippen LogP contribution in [0.5, 0.6) is 0 Å². The standard InChI is InChI=1S/C67H106O32/c1-26(2)12-11-17-66(8)55-30(72)20-65(7)29-13-14-36-63(4,5)37(16-18-64(36,6)28(29)15-19-67(55,65)62(84)99-66)94-61-54(41(76)35(25-87-61)93-57-45(80)43(78)50(34(24-71)92-57)96-58-46(81)51(85-9)38(73)31(21-68)89-58)98-56-44(79)42(77)49(27(3)88-56)95-60-48(83)53(40(75)33(23-70)91-60)97-59-47(82)52(86-10)39(74)32(22-69)90-59/h12,15,27,29,31-61,68-71,73-83H,11,13-14,16-25H2,1-10H3. The van der Waals surface area contributed by atoms with Crippen LogP contribution in [0.3, 0.4) is 0 Å². The number of hydrogen-bond donors (Lipinski definition) is 15. The van der Waals surface area contributed by atoms with Crippen molar-refractivity contribution < 1.29 is 157 Å². The number of carbonyl (C=O) groups excluding carboxylic acids is 2. The maximum atomic E-state index is 14.6. The van der Waals surface area contributed by atoms with Gasteiger partial charge in [0.25, 0.3) is 0 Å². The first-order valence-corrected chi connectivity index (χ1v) is 34.7. The Morgan fingerprint density at radius 2 is 1.04 bits per heavy atom. The Kier molecular flexibility index (Phi) is 23.5. The molecule has 37 unspecified atom stereocenters. The quantitative estimate of drug-likeness (QED) is 0.0297. The SMILES string of the molecule is COC1C(O)C(CO)OC(OC2C(CO)OC(OC3COC(OC4CCC5(C)C6=CCC78C(=O)OC(C)(CCC=C(C)C)C7C(=O)CC8(C)C6CCC5C4(C)C)C(OC4OC(C)C(OC5OC(CO)C(O)C(OC6OC(CO)C(O)C(OC)C6O)C5O)C(O)C4O)C3O)C(O)C2O)C1O. The highest BCUT2D eigenvalue weighted by molar-refractivity contribution is 5.99. The summed E-state index contributed by atoms with van der Waals surface area (Å²) in [7, 11) is 2.37. The second-order valence-corrected chi connectivity index (χ2v) is 30.6. The summed E-state index contributed by atoms with van der Waals surface area (Å²) in [6.45, 7) is 12.1. The van der Waals surface area contributed by atoms with E-state index in [-0.39, 0.29) is 30.0 Å². The molecule has 7 saturated heterocycles. The molecule has 566 valence electrons. The fourth-order valence-corrected chi connectivity index (χ4v) is 19.0. The number of aliphatic hydroxyl groups is 15. The number of esters is 1. The molecule has 0 aromatic rings. The first-order chi connectivity index (χ1) is 46.7. The fraction of sp³-hybridized carbons (Fsp3) is 0.910. The molecule has 37 atom stereocenters. The Balaban J connectivity index is 0.827. The molecule has 7 heterocycles. The average Bonchev–Trinajstić information content (AvgIpc) is 1.51. The van der Waals surface area contributed by atoms with Crippen LogP contribution < -0.4 is 0 Å². The van der Waals surface area contributed by atoms with Gasteiger partial charge in [-0.15, -0.1) is 0 Å². The number of fused-ring (bicyclic) bond motifs is 4. The zero-order chi connectivity index (χ0) is 72.1. The van der Waals surface area contributed by atoms with Crippen LogP contribution in [0, 0.1) is 39.4 Å². The predicted octanol–water partition coefficient (Wildman–Crippen LogP) is -3.91. The third-order valence-corrected chi connectivity index (χ3v) is 24.3. The molecule has 4 aliphatic carbocycles. The van der Waals surface area contributed by atoms with Crippen molar-refractivity contribution in [3.05, 3.63) is 23.3 Å². The van der Waals surface area contributed by atoms with Crippen molar-refractivity contribution in [2.24, 2.45) is 39.4 Å². The highest BCUT2D eigenvalue weighted by atomic mass is 16.8. The number of ketones is 1. The molecule has 99 heavy (non-hydrogen) atoms. The van der Waals surface area contributed by atoms with Gasteiger partial charge in [-0.3, -0.25) is 9.59 Å². The first-order valence-electron chi connectivity index (χ1n) is 34.7. The molecule has 7 aliphatic heterocycles. The summed E-state index contributed by atoms with van der Waals surface area (Å²) in [6.07, 6.45) is -41.1. The van der Waals surface area contributed by atoms with E-state index < -0.39 is 250 Å². The largest absolute Gasteiger partial charge is 0.458 e. The highest BCUT2D eigenvalue weighted by Crippen LogP contribution is 2.75. The minimum atomic E-state index is -2.08. The van der Waals surface area contributed by atoms with Crippen molar-refractivity contribution in [3.63, 3.8) is 0 Å². The van der Waals surface area contributed by atoms with Crippen LogP contribution in [-0.2, 0) is 80.6 Å². The average molecular weight is 1420 g/mol. The highest BCUT2D eigenvalue weighted by Gasteiger charge is 2.79. The number of methoxy groups -OCH3 is 2. The molecule has 0 aromatic heterocycles. The number of carbonyl (C=O) groups is 2. The van der Waals surface area contributed by atoms with E-state index in [1.54, 1.807) is 0 Å². The number of ether oxygens (including phenoxy) is 15. The molecule has 0 radical (unpaired) electrons.